The highest BCUT2D eigenvalue weighted by molar-refractivity contribution is 6.32. The molecule has 5 nitrogen and oxygen atoms in total. The summed E-state index contributed by atoms with van der Waals surface area (Å²) in [5, 5.41) is 16.7. The van der Waals surface area contributed by atoms with Crippen molar-refractivity contribution in [1.82, 2.24) is 0 Å². The second-order valence-corrected chi connectivity index (χ2v) is 4.10. The summed E-state index contributed by atoms with van der Waals surface area (Å²) in [7, 11) is 0. The van der Waals surface area contributed by atoms with Gasteiger partial charge in [0.15, 0.2) is 0 Å². The fourth-order valence-corrected chi connectivity index (χ4v) is 1.55. The Kier molecular flexibility index (Phi) is 9.01. The minimum absolute atomic E-state index is 0.119. The first kappa shape index (κ1) is 15.6. The highest BCUT2D eigenvalue weighted by atomic mass is 16.4. The molecule has 0 saturated heterocycles. The minimum atomic E-state index is -1.35. The topological polar surface area (TPSA) is 91.7 Å². The Bertz CT molecular complexity index is 260. The van der Waals surface area contributed by atoms with Crippen molar-refractivity contribution in [3.8, 4) is 0 Å². The summed E-state index contributed by atoms with van der Waals surface area (Å²) < 4.78 is 0. The maximum atomic E-state index is 10.7. The third-order valence-electron chi connectivity index (χ3n) is 2.53. The first-order valence-electron chi connectivity index (χ1n) is 6.02. The summed E-state index contributed by atoms with van der Waals surface area (Å²) in [5.41, 5.74) is 0. The highest BCUT2D eigenvalue weighted by Gasteiger charge is 2.09. The van der Waals surface area contributed by atoms with Crippen LogP contribution in [0.5, 0.6) is 0 Å². The molecule has 0 heterocycles. The summed E-state index contributed by atoms with van der Waals surface area (Å²) in [6.45, 7) is 0. The second kappa shape index (κ2) is 9.81. The van der Waals surface area contributed by atoms with Gasteiger partial charge in [-0.25, -0.2) is 4.79 Å². The number of unbranched alkanes of at least 4 members (excludes halogenated alkanes) is 6. The molecular weight excluding hydrogens is 224 g/mol. The van der Waals surface area contributed by atoms with Crippen molar-refractivity contribution in [3.05, 3.63) is 0 Å². The van der Waals surface area contributed by atoms with E-state index in [1.54, 1.807) is 0 Å². The first-order chi connectivity index (χ1) is 8.04. The molecule has 0 radical (unpaired) electrons. The van der Waals surface area contributed by atoms with Gasteiger partial charge in [0.2, 0.25) is 5.78 Å². The maximum absolute atomic E-state index is 10.7. The van der Waals surface area contributed by atoms with E-state index < -0.39 is 17.7 Å². The second-order valence-electron chi connectivity index (χ2n) is 4.10. The quantitative estimate of drug-likeness (QED) is 0.429. The molecule has 0 bridgehead atoms. The molecule has 0 aromatic heterocycles. The number of hydrogen-bond donors (Lipinski definition) is 2. The van der Waals surface area contributed by atoms with Crippen LogP contribution in [0.1, 0.15) is 57.8 Å². The molecule has 0 fully saturated rings. The molecule has 0 aromatic carbocycles. The van der Waals surface area contributed by atoms with Gasteiger partial charge in [0, 0.05) is 12.8 Å². The van der Waals surface area contributed by atoms with Gasteiger partial charge in [-0.05, 0) is 12.8 Å². The zero-order chi connectivity index (χ0) is 13.1. The van der Waals surface area contributed by atoms with E-state index in [0.717, 1.165) is 32.1 Å². The van der Waals surface area contributed by atoms with Crippen LogP contribution in [-0.2, 0) is 14.4 Å². The zero-order valence-corrected chi connectivity index (χ0v) is 9.98. The van der Waals surface area contributed by atoms with Crippen LogP contribution in [0.4, 0.5) is 0 Å². The predicted octanol–water partition coefficient (Wildman–Crippen LogP) is 2.24. The standard InChI is InChI=1S/C12H20O5/c13-10(12(16)17)8-6-4-2-1-3-5-7-9-11(14)15/h1-9H2,(H,14,15)(H,16,17). The zero-order valence-electron chi connectivity index (χ0n) is 9.98. The average Bonchev–Trinajstić information content (AvgIpc) is 2.25. The van der Waals surface area contributed by atoms with Gasteiger partial charge in [0.25, 0.3) is 0 Å². The third kappa shape index (κ3) is 10.9. The van der Waals surface area contributed by atoms with E-state index >= 15 is 0 Å². The number of carbonyl (C=O) groups is 3. The minimum Gasteiger partial charge on any atom is -0.481 e. The lowest BCUT2D eigenvalue weighted by molar-refractivity contribution is -0.149. The lowest BCUT2D eigenvalue weighted by atomic mass is 10.1. The molecule has 0 aliphatic heterocycles. The summed E-state index contributed by atoms with van der Waals surface area (Å²) in [6.07, 6.45) is 6.45. The van der Waals surface area contributed by atoms with Crippen molar-refractivity contribution in [2.45, 2.75) is 57.8 Å². The van der Waals surface area contributed by atoms with Crippen LogP contribution in [0, 0.1) is 0 Å². The number of carboxylic acid groups (broad SMARTS) is 2. The van der Waals surface area contributed by atoms with E-state index in [2.05, 4.69) is 0 Å². The van der Waals surface area contributed by atoms with Crippen molar-refractivity contribution in [1.29, 1.82) is 0 Å². The Morgan fingerprint density at radius 2 is 1.06 bits per heavy atom. The molecule has 2 N–H and O–H groups in total. The van der Waals surface area contributed by atoms with Gasteiger partial charge in [-0.1, -0.05) is 32.1 Å². The van der Waals surface area contributed by atoms with Crippen LogP contribution in [-0.4, -0.2) is 27.9 Å². The molecule has 0 rings (SSSR count). The predicted molar refractivity (Wildman–Crippen MR) is 61.8 cm³/mol. The monoisotopic (exact) mass is 244 g/mol. The highest BCUT2D eigenvalue weighted by Crippen LogP contribution is 2.09. The summed E-state index contributed by atoms with van der Waals surface area (Å²) >= 11 is 0. The van der Waals surface area contributed by atoms with E-state index in [1.807, 2.05) is 0 Å². The molecule has 0 aliphatic rings. The lowest BCUT2D eigenvalue weighted by Gasteiger charge is -2.00. The summed E-state index contributed by atoms with van der Waals surface area (Å²) in [6, 6.07) is 0. The van der Waals surface area contributed by atoms with Gasteiger partial charge in [-0.2, -0.15) is 0 Å². The van der Waals surface area contributed by atoms with Gasteiger partial charge in [0.1, 0.15) is 0 Å². The smallest absolute Gasteiger partial charge is 0.372 e. The third-order valence-corrected chi connectivity index (χ3v) is 2.53. The van der Waals surface area contributed by atoms with Crippen molar-refractivity contribution in [2.75, 3.05) is 0 Å². The number of hydrogen-bond acceptors (Lipinski definition) is 3. The van der Waals surface area contributed by atoms with E-state index in [0.29, 0.717) is 12.8 Å². The van der Waals surface area contributed by atoms with Crippen LogP contribution in [0.25, 0.3) is 0 Å². The summed E-state index contributed by atoms with van der Waals surface area (Å²) in [4.78, 5) is 31.1. The molecule has 0 amide bonds. The Morgan fingerprint density at radius 3 is 1.47 bits per heavy atom. The van der Waals surface area contributed by atoms with Crippen molar-refractivity contribution >= 4 is 17.7 Å². The molecule has 0 aliphatic carbocycles. The van der Waals surface area contributed by atoms with Crippen LogP contribution in [0.15, 0.2) is 0 Å². The number of rotatable bonds is 11. The van der Waals surface area contributed by atoms with E-state index in [4.69, 9.17) is 10.2 Å². The van der Waals surface area contributed by atoms with Gasteiger partial charge < -0.3 is 10.2 Å². The Labute approximate surface area is 101 Å². The Balaban J connectivity index is 3.16. The molecule has 0 unspecified atom stereocenters. The Hall–Kier alpha value is -1.39. The Morgan fingerprint density at radius 1 is 0.647 bits per heavy atom. The maximum Gasteiger partial charge on any atom is 0.372 e. The molecule has 0 saturated carbocycles. The van der Waals surface area contributed by atoms with Gasteiger partial charge in [-0.3, -0.25) is 9.59 Å². The number of ketones is 1. The van der Waals surface area contributed by atoms with Crippen molar-refractivity contribution in [2.24, 2.45) is 0 Å². The van der Waals surface area contributed by atoms with E-state index in [-0.39, 0.29) is 12.8 Å². The normalized spacial score (nSPS) is 10.1. The van der Waals surface area contributed by atoms with E-state index in [9.17, 15) is 14.4 Å². The van der Waals surface area contributed by atoms with Crippen LogP contribution < -0.4 is 0 Å². The number of aliphatic carboxylic acids is 2. The fourth-order valence-electron chi connectivity index (χ4n) is 1.55. The molecule has 5 heteroatoms. The molecule has 0 aromatic rings. The van der Waals surface area contributed by atoms with Crippen LogP contribution in [0.3, 0.4) is 0 Å². The molecule has 17 heavy (non-hydrogen) atoms. The molecular formula is C12H20O5. The lowest BCUT2D eigenvalue weighted by Crippen LogP contribution is -2.11. The van der Waals surface area contributed by atoms with Crippen molar-refractivity contribution in [3.63, 3.8) is 0 Å². The summed E-state index contributed by atoms with van der Waals surface area (Å²) in [5.74, 6) is -2.82. The van der Waals surface area contributed by atoms with Gasteiger partial charge >= 0.3 is 11.9 Å². The average molecular weight is 244 g/mol. The molecule has 0 spiro atoms. The van der Waals surface area contributed by atoms with Crippen LogP contribution in [0.2, 0.25) is 0 Å². The fraction of sp³-hybridized carbons (Fsp3) is 0.750. The SMILES string of the molecule is O=C(O)CCCCCCCCCC(=O)C(=O)O. The van der Waals surface area contributed by atoms with Gasteiger partial charge in [0.05, 0.1) is 0 Å². The van der Waals surface area contributed by atoms with Crippen molar-refractivity contribution < 1.29 is 24.6 Å². The number of carboxylic acids is 2. The number of Topliss-reactive ketones (excluding diaryl/α,β-unsaturated/α-hetero) is 1. The first-order valence-corrected chi connectivity index (χ1v) is 6.02. The largest absolute Gasteiger partial charge is 0.481 e. The molecule has 0 atom stereocenters. The van der Waals surface area contributed by atoms with E-state index in [1.165, 1.54) is 0 Å². The molecule has 98 valence electrons. The van der Waals surface area contributed by atoms with Gasteiger partial charge in [-0.15, -0.1) is 0 Å². The van der Waals surface area contributed by atoms with Crippen LogP contribution >= 0.6 is 0 Å². The number of carbonyl (C=O) groups excluding carboxylic acids is 1.